The fourth-order valence-electron chi connectivity index (χ4n) is 3.32. The van der Waals surface area contributed by atoms with Crippen LogP contribution in [0.25, 0.3) is 16.9 Å². The highest BCUT2D eigenvalue weighted by Gasteiger charge is 2.19. The van der Waals surface area contributed by atoms with Gasteiger partial charge in [0.2, 0.25) is 5.91 Å². The van der Waals surface area contributed by atoms with Crippen molar-refractivity contribution in [2.75, 3.05) is 19.0 Å². The van der Waals surface area contributed by atoms with Crippen LogP contribution in [0.2, 0.25) is 0 Å². The third-order valence-electron chi connectivity index (χ3n) is 5.07. The van der Waals surface area contributed by atoms with E-state index in [1.807, 2.05) is 54.6 Å². The zero-order chi connectivity index (χ0) is 23.9. The number of anilines is 1. The fraction of sp³-hybridized carbons (Fsp3) is 0.115. The molecule has 0 bridgehead atoms. The summed E-state index contributed by atoms with van der Waals surface area (Å²) in [6, 6.07) is 23.9. The maximum atomic E-state index is 13.2. The standard InChI is InChI=1S/C26H24N4O4/c1-33-21-11-7-18(8-12-21)25-23(17-30(29-25)20-5-3-2-4-6-20)26(32)28-19-9-13-22(14-10-19)34-16-15-24(27)31/h2-14,17H,15-16H2,1H3,(H2,27,31)(H,28,32). The lowest BCUT2D eigenvalue weighted by Gasteiger charge is -2.08. The van der Waals surface area contributed by atoms with Gasteiger partial charge in [0.05, 0.1) is 31.4 Å². The number of para-hydroxylation sites is 1. The van der Waals surface area contributed by atoms with Crippen molar-refractivity contribution in [1.29, 1.82) is 0 Å². The van der Waals surface area contributed by atoms with Gasteiger partial charge in [-0.1, -0.05) is 18.2 Å². The number of amides is 2. The quantitative estimate of drug-likeness (QED) is 0.395. The molecule has 4 rings (SSSR count). The Morgan fingerprint density at radius 1 is 0.941 bits per heavy atom. The number of rotatable bonds is 9. The number of hydrogen-bond acceptors (Lipinski definition) is 5. The average molecular weight is 457 g/mol. The maximum Gasteiger partial charge on any atom is 0.259 e. The lowest BCUT2D eigenvalue weighted by atomic mass is 10.1. The van der Waals surface area contributed by atoms with Crippen LogP contribution in [0.4, 0.5) is 5.69 Å². The Kier molecular flexibility index (Phi) is 6.88. The van der Waals surface area contributed by atoms with Gasteiger partial charge in [0, 0.05) is 17.4 Å². The number of hydrogen-bond donors (Lipinski definition) is 2. The van der Waals surface area contributed by atoms with Gasteiger partial charge in [0.15, 0.2) is 0 Å². The van der Waals surface area contributed by atoms with Crippen molar-refractivity contribution in [2.24, 2.45) is 5.73 Å². The molecule has 1 aromatic heterocycles. The number of primary amides is 1. The first-order chi connectivity index (χ1) is 16.5. The van der Waals surface area contributed by atoms with E-state index in [1.165, 1.54) is 0 Å². The predicted molar refractivity (Wildman–Crippen MR) is 129 cm³/mol. The topological polar surface area (TPSA) is 108 Å². The molecule has 0 aliphatic carbocycles. The van der Waals surface area contributed by atoms with Gasteiger partial charge in [-0.15, -0.1) is 0 Å². The van der Waals surface area contributed by atoms with E-state index < -0.39 is 5.91 Å². The summed E-state index contributed by atoms with van der Waals surface area (Å²) in [5.41, 5.74) is 8.33. The lowest BCUT2D eigenvalue weighted by Crippen LogP contribution is -2.14. The molecule has 34 heavy (non-hydrogen) atoms. The molecule has 0 fully saturated rings. The molecule has 0 saturated carbocycles. The number of benzene rings is 3. The summed E-state index contributed by atoms with van der Waals surface area (Å²) in [5.74, 6) is 0.577. The van der Waals surface area contributed by atoms with Crippen molar-refractivity contribution < 1.29 is 19.1 Å². The van der Waals surface area contributed by atoms with Crippen LogP contribution in [0, 0.1) is 0 Å². The number of aromatic nitrogens is 2. The van der Waals surface area contributed by atoms with Crippen LogP contribution in [0.5, 0.6) is 11.5 Å². The van der Waals surface area contributed by atoms with Gasteiger partial charge in [0.25, 0.3) is 5.91 Å². The Labute approximate surface area is 196 Å². The zero-order valence-corrected chi connectivity index (χ0v) is 18.6. The minimum absolute atomic E-state index is 0.137. The van der Waals surface area contributed by atoms with E-state index in [4.69, 9.17) is 15.2 Å². The number of carbonyl (C=O) groups is 2. The third-order valence-corrected chi connectivity index (χ3v) is 5.07. The smallest absolute Gasteiger partial charge is 0.259 e. The Bertz CT molecular complexity index is 1270. The molecule has 1 heterocycles. The number of methoxy groups -OCH3 is 1. The molecule has 172 valence electrons. The van der Waals surface area contributed by atoms with Crippen molar-refractivity contribution in [2.45, 2.75) is 6.42 Å². The second-order valence-corrected chi connectivity index (χ2v) is 7.44. The Hall–Kier alpha value is -4.59. The first-order valence-corrected chi connectivity index (χ1v) is 10.7. The Morgan fingerprint density at radius 2 is 1.62 bits per heavy atom. The number of ether oxygens (including phenoxy) is 2. The molecular weight excluding hydrogens is 432 g/mol. The fourth-order valence-corrected chi connectivity index (χ4v) is 3.32. The summed E-state index contributed by atoms with van der Waals surface area (Å²) in [4.78, 5) is 24.1. The molecule has 2 amide bonds. The largest absolute Gasteiger partial charge is 0.497 e. The molecule has 0 saturated heterocycles. The van der Waals surface area contributed by atoms with E-state index in [-0.39, 0.29) is 18.9 Å². The molecule has 0 radical (unpaired) electrons. The number of carbonyl (C=O) groups excluding carboxylic acids is 2. The van der Waals surface area contributed by atoms with Gasteiger partial charge in [0.1, 0.15) is 17.2 Å². The minimum atomic E-state index is -0.424. The van der Waals surface area contributed by atoms with Crippen LogP contribution in [-0.2, 0) is 4.79 Å². The van der Waals surface area contributed by atoms with Crippen LogP contribution in [-0.4, -0.2) is 35.3 Å². The number of nitrogens with zero attached hydrogens (tertiary/aromatic N) is 2. The van der Waals surface area contributed by atoms with Gasteiger partial charge < -0.3 is 20.5 Å². The van der Waals surface area contributed by atoms with Crippen LogP contribution < -0.4 is 20.5 Å². The highest BCUT2D eigenvalue weighted by atomic mass is 16.5. The first-order valence-electron chi connectivity index (χ1n) is 10.7. The molecule has 3 aromatic carbocycles. The zero-order valence-electron chi connectivity index (χ0n) is 18.6. The molecule has 0 aliphatic heterocycles. The summed E-state index contributed by atoms with van der Waals surface area (Å²) >= 11 is 0. The van der Waals surface area contributed by atoms with E-state index in [0.29, 0.717) is 22.7 Å². The van der Waals surface area contributed by atoms with Gasteiger partial charge in [-0.05, 0) is 60.7 Å². The summed E-state index contributed by atoms with van der Waals surface area (Å²) in [7, 11) is 1.60. The molecule has 8 heteroatoms. The SMILES string of the molecule is COc1ccc(-c2nn(-c3ccccc3)cc2C(=O)Nc2ccc(OCCC(N)=O)cc2)cc1. The van der Waals surface area contributed by atoms with Crippen molar-refractivity contribution in [1.82, 2.24) is 9.78 Å². The molecule has 0 atom stereocenters. The van der Waals surface area contributed by atoms with E-state index in [9.17, 15) is 9.59 Å². The molecule has 8 nitrogen and oxygen atoms in total. The van der Waals surface area contributed by atoms with Crippen molar-refractivity contribution in [3.05, 3.63) is 90.6 Å². The predicted octanol–water partition coefficient (Wildman–Crippen LogP) is 4.05. The molecule has 4 aromatic rings. The van der Waals surface area contributed by atoms with Gasteiger partial charge >= 0.3 is 0 Å². The molecule has 0 spiro atoms. The van der Waals surface area contributed by atoms with Crippen LogP contribution in [0.15, 0.2) is 85.1 Å². The normalized spacial score (nSPS) is 10.5. The van der Waals surface area contributed by atoms with Crippen LogP contribution in [0.3, 0.4) is 0 Å². The second-order valence-electron chi connectivity index (χ2n) is 7.44. The molecular formula is C26H24N4O4. The van der Waals surface area contributed by atoms with Gasteiger partial charge in [-0.25, -0.2) is 4.68 Å². The summed E-state index contributed by atoms with van der Waals surface area (Å²) in [5, 5.41) is 7.60. The van der Waals surface area contributed by atoms with Crippen LogP contribution in [0.1, 0.15) is 16.8 Å². The van der Waals surface area contributed by atoms with E-state index in [2.05, 4.69) is 10.4 Å². The monoisotopic (exact) mass is 456 g/mol. The highest BCUT2D eigenvalue weighted by Crippen LogP contribution is 2.27. The summed E-state index contributed by atoms with van der Waals surface area (Å²) < 4.78 is 12.4. The van der Waals surface area contributed by atoms with Gasteiger partial charge in [-0.3, -0.25) is 9.59 Å². The van der Waals surface area contributed by atoms with Gasteiger partial charge in [-0.2, -0.15) is 5.10 Å². The van der Waals surface area contributed by atoms with Crippen molar-refractivity contribution in [3.63, 3.8) is 0 Å². The average Bonchev–Trinajstić information content (AvgIpc) is 3.31. The molecule has 3 N–H and O–H groups in total. The van der Waals surface area contributed by atoms with Crippen molar-refractivity contribution in [3.8, 4) is 28.4 Å². The summed E-state index contributed by atoms with van der Waals surface area (Å²) in [6.45, 7) is 0.199. The highest BCUT2D eigenvalue weighted by molar-refractivity contribution is 6.08. The van der Waals surface area contributed by atoms with E-state index in [1.54, 1.807) is 42.3 Å². The van der Waals surface area contributed by atoms with Crippen molar-refractivity contribution >= 4 is 17.5 Å². The number of nitrogens with two attached hydrogens (primary N) is 1. The first kappa shape index (κ1) is 22.6. The number of nitrogens with one attached hydrogen (secondary N) is 1. The third kappa shape index (κ3) is 5.42. The minimum Gasteiger partial charge on any atom is -0.497 e. The lowest BCUT2D eigenvalue weighted by molar-refractivity contribution is -0.118. The Balaban J connectivity index is 1.58. The van der Waals surface area contributed by atoms with E-state index in [0.717, 1.165) is 17.0 Å². The second kappa shape index (κ2) is 10.4. The Morgan fingerprint density at radius 3 is 2.26 bits per heavy atom. The van der Waals surface area contributed by atoms with E-state index >= 15 is 0 Å². The summed E-state index contributed by atoms with van der Waals surface area (Å²) in [6.07, 6.45) is 1.85. The van der Waals surface area contributed by atoms with Crippen LogP contribution >= 0.6 is 0 Å². The maximum absolute atomic E-state index is 13.2. The molecule has 0 aliphatic rings. The molecule has 0 unspecified atom stereocenters.